The Morgan fingerprint density at radius 1 is 1.00 bits per heavy atom. The third-order valence-electron chi connectivity index (χ3n) is 5.66. The average molecular weight is 408 g/mol. The van der Waals surface area contributed by atoms with E-state index < -0.39 is 0 Å². The highest BCUT2D eigenvalue weighted by Crippen LogP contribution is 2.33. The number of benzene rings is 2. The van der Waals surface area contributed by atoms with Crippen LogP contribution in [0, 0.1) is 5.92 Å². The summed E-state index contributed by atoms with van der Waals surface area (Å²) in [5, 5.41) is 0. The smallest absolute Gasteiger partial charge is 0.230 e. The van der Waals surface area contributed by atoms with Crippen molar-refractivity contribution in [2.45, 2.75) is 25.8 Å². The van der Waals surface area contributed by atoms with Gasteiger partial charge in [0.2, 0.25) is 11.8 Å². The van der Waals surface area contributed by atoms with Gasteiger partial charge in [-0.2, -0.15) is 0 Å². The molecule has 2 aromatic carbocycles. The zero-order chi connectivity index (χ0) is 20.9. The van der Waals surface area contributed by atoms with Crippen LogP contribution in [0.5, 0.6) is 5.75 Å². The third kappa shape index (κ3) is 5.00. The maximum Gasteiger partial charge on any atom is 0.230 e. The number of hydrogen-bond acceptors (Lipinski definition) is 4. The van der Waals surface area contributed by atoms with Gasteiger partial charge in [-0.05, 0) is 48.2 Å². The first-order valence-electron chi connectivity index (χ1n) is 10.5. The zero-order valence-corrected chi connectivity index (χ0v) is 17.4. The lowest BCUT2D eigenvalue weighted by atomic mass is 10.1. The van der Waals surface area contributed by atoms with E-state index in [0.717, 1.165) is 35.4 Å². The van der Waals surface area contributed by atoms with Crippen molar-refractivity contribution in [3.63, 3.8) is 0 Å². The predicted molar refractivity (Wildman–Crippen MR) is 114 cm³/mol. The van der Waals surface area contributed by atoms with Crippen LogP contribution < -0.4 is 9.64 Å². The average Bonchev–Trinajstić information content (AvgIpc) is 3.64. The number of carbonyl (C=O) groups is 2. The minimum Gasteiger partial charge on any atom is -0.497 e. The number of carbonyl (C=O) groups excluding carboxylic acids is 2. The lowest BCUT2D eigenvalue weighted by Crippen LogP contribution is -2.41. The van der Waals surface area contributed by atoms with Crippen LogP contribution in [0.15, 0.2) is 48.5 Å². The van der Waals surface area contributed by atoms with Crippen LogP contribution in [0.4, 0.5) is 5.69 Å². The van der Waals surface area contributed by atoms with Gasteiger partial charge in [-0.25, -0.2) is 0 Å². The van der Waals surface area contributed by atoms with Gasteiger partial charge < -0.3 is 19.3 Å². The van der Waals surface area contributed by atoms with E-state index in [9.17, 15) is 9.59 Å². The monoisotopic (exact) mass is 408 g/mol. The molecule has 0 atom stereocenters. The maximum atomic E-state index is 12.9. The van der Waals surface area contributed by atoms with E-state index in [0.29, 0.717) is 39.3 Å². The highest BCUT2D eigenvalue weighted by Gasteiger charge is 2.34. The first-order valence-corrected chi connectivity index (χ1v) is 10.5. The van der Waals surface area contributed by atoms with E-state index >= 15 is 0 Å². The summed E-state index contributed by atoms with van der Waals surface area (Å²) in [6.07, 6.45) is 2.30. The molecule has 2 aromatic rings. The second-order valence-electron chi connectivity index (χ2n) is 7.88. The molecule has 4 rings (SSSR count). The van der Waals surface area contributed by atoms with Gasteiger partial charge in [0.05, 0.1) is 33.3 Å². The standard InChI is InChI=1S/C24H28N2O4/c1-29-22-10-4-19(5-11-22)17-26(24(28)20-6-7-20)21-8-2-18(3-9-21)16-23(27)25-12-14-30-15-13-25/h2-5,8-11,20H,6-7,12-17H2,1H3. The predicted octanol–water partition coefficient (Wildman–Crippen LogP) is 3.04. The van der Waals surface area contributed by atoms with Crippen molar-refractivity contribution in [3.8, 4) is 5.75 Å². The Bertz CT molecular complexity index is 869. The van der Waals surface area contributed by atoms with E-state index in [1.807, 2.05) is 58.3 Å². The van der Waals surface area contributed by atoms with Crippen LogP contribution in [-0.2, 0) is 27.3 Å². The summed E-state index contributed by atoms with van der Waals surface area (Å²) in [6.45, 7) is 3.04. The minimum absolute atomic E-state index is 0.121. The van der Waals surface area contributed by atoms with Crippen LogP contribution >= 0.6 is 0 Å². The molecule has 1 saturated carbocycles. The highest BCUT2D eigenvalue weighted by molar-refractivity contribution is 5.96. The first kappa shape index (κ1) is 20.4. The van der Waals surface area contributed by atoms with Crippen LogP contribution in [0.3, 0.4) is 0 Å². The lowest BCUT2D eigenvalue weighted by Gasteiger charge is -2.27. The molecule has 6 nitrogen and oxygen atoms in total. The molecule has 0 unspecified atom stereocenters. The molecule has 1 saturated heterocycles. The van der Waals surface area contributed by atoms with E-state index in [2.05, 4.69) is 0 Å². The molecule has 2 fully saturated rings. The molecule has 2 amide bonds. The molecule has 6 heteroatoms. The van der Waals surface area contributed by atoms with Crippen molar-refractivity contribution in [2.75, 3.05) is 38.3 Å². The van der Waals surface area contributed by atoms with E-state index in [-0.39, 0.29) is 17.7 Å². The number of nitrogens with zero attached hydrogens (tertiary/aromatic N) is 2. The van der Waals surface area contributed by atoms with Crippen molar-refractivity contribution in [3.05, 3.63) is 59.7 Å². The number of ether oxygens (including phenoxy) is 2. The van der Waals surface area contributed by atoms with Crippen molar-refractivity contribution < 1.29 is 19.1 Å². The number of morpholine rings is 1. The number of rotatable bonds is 7. The van der Waals surface area contributed by atoms with Gasteiger partial charge in [0.25, 0.3) is 0 Å². The van der Waals surface area contributed by atoms with Gasteiger partial charge >= 0.3 is 0 Å². The second-order valence-corrected chi connectivity index (χ2v) is 7.88. The second kappa shape index (κ2) is 9.30. The Morgan fingerprint density at radius 3 is 2.23 bits per heavy atom. The van der Waals surface area contributed by atoms with E-state index in [1.54, 1.807) is 7.11 Å². The molecule has 0 radical (unpaired) electrons. The number of amides is 2. The summed E-state index contributed by atoms with van der Waals surface area (Å²) in [6, 6.07) is 15.6. The zero-order valence-electron chi connectivity index (χ0n) is 17.4. The summed E-state index contributed by atoms with van der Waals surface area (Å²) in [4.78, 5) is 29.1. The van der Waals surface area contributed by atoms with Crippen molar-refractivity contribution in [1.82, 2.24) is 4.90 Å². The molecule has 0 spiro atoms. The van der Waals surface area contributed by atoms with Gasteiger partial charge in [0, 0.05) is 24.7 Å². The number of anilines is 1. The van der Waals surface area contributed by atoms with Gasteiger partial charge in [-0.15, -0.1) is 0 Å². The molecule has 30 heavy (non-hydrogen) atoms. The Hall–Kier alpha value is -2.86. The third-order valence-corrected chi connectivity index (χ3v) is 5.66. The molecule has 158 valence electrons. The Labute approximate surface area is 177 Å². The SMILES string of the molecule is COc1ccc(CN(C(=O)C2CC2)c2ccc(CC(=O)N3CCOCC3)cc2)cc1. The molecule has 1 aliphatic heterocycles. The number of methoxy groups -OCH3 is 1. The molecule has 0 N–H and O–H groups in total. The molecular formula is C24H28N2O4. The van der Waals surface area contributed by atoms with Crippen molar-refractivity contribution in [2.24, 2.45) is 5.92 Å². The van der Waals surface area contributed by atoms with E-state index in [1.165, 1.54) is 0 Å². The molecule has 0 bridgehead atoms. The fraction of sp³-hybridized carbons (Fsp3) is 0.417. The van der Waals surface area contributed by atoms with Gasteiger partial charge in [0.1, 0.15) is 5.75 Å². The normalized spacial score (nSPS) is 16.2. The molecule has 0 aromatic heterocycles. The quantitative estimate of drug-likeness (QED) is 0.707. The van der Waals surface area contributed by atoms with Crippen LogP contribution in [0.25, 0.3) is 0 Å². The molecule has 1 aliphatic carbocycles. The lowest BCUT2D eigenvalue weighted by molar-refractivity contribution is -0.134. The van der Waals surface area contributed by atoms with Gasteiger partial charge in [0.15, 0.2) is 0 Å². The summed E-state index contributed by atoms with van der Waals surface area (Å²) >= 11 is 0. The van der Waals surface area contributed by atoms with Crippen LogP contribution in [0.1, 0.15) is 24.0 Å². The Balaban J connectivity index is 1.46. The van der Waals surface area contributed by atoms with Crippen LogP contribution in [0.2, 0.25) is 0 Å². The largest absolute Gasteiger partial charge is 0.497 e. The number of hydrogen-bond donors (Lipinski definition) is 0. The summed E-state index contributed by atoms with van der Waals surface area (Å²) in [5.74, 6) is 1.22. The summed E-state index contributed by atoms with van der Waals surface area (Å²) in [5.41, 5.74) is 2.88. The van der Waals surface area contributed by atoms with Crippen LogP contribution in [-0.4, -0.2) is 50.1 Å². The highest BCUT2D eigenvalue weighted by atomic mass is 16.5. The van der Waals surface area contributed by atoms with Crippen molar-refractivity contribution in [1.29, 1.82) is 0 Å². The molecule has 2 aliphatic rings. The molecular weight excluding hydrogens is 380 g/mol. The maximum absolute atomic E-state index is 12.9. The fourth-order valence-corrected chi connectivity index (χ4v) is 3.65. The van der Waals surface area contributed by atoms with Gasteiger partial charge in [-0.1, -0.05) is 24.3 Å². The van der Waals surface area contributed by atoms with Crippen molar-refractivity contribution >= 4 is 17.5 Å². The summed E-state index contributed by atoms with van der Waals surface area (Å²) in [7, 11) is 1.64. The Morgan fingerprint density at radius 2 is 1.63 bits per heavy atom. The Kier molecular flexibility index (Phi) is 6.33. The van der Waals surface area contributed by atoms with E-state index in [4.69, 9.17) is 9.47 Å². The minimum atomic E-state index is 0.121. The first-order chi connectivity index (χ1) is 14.6. The van der Waals surface area contributed by atoms with Gasteiger partial charge in [-0.3, -0.25) is 9.59 Å². The topological polar surface area (TPSA) is 59.1 Å². The summed E-state index contributed by atoms with van der Waals surface area (Å²) < 4.78 is 10.5. The fourth-order valence-electron chi connectivity index (χ4n) is 3.65. The molecule has 1 heterocycles.